The number of benzene rings is 2. The molecule has 2 heterocycles. The van der Waals surface area contributed by atoms with Crippen LogP contribution in [0.3, 0.4) is 0 Å². The molecule has 8 nitrogen and oxygen atoms in total. The summed E-state index contributed by atoms with van der Waals surface area (Å²) in [4.78, 5) is 28.5. The SMILES string of the molecule is C[C@H](OC(=O)CSc1nc2ccccc2o1)C(=O)NCc1ccc2c(c1)OCO2. The Morgan fingerprint density at radius 1 is 1.21 bits per heavy atom. The van der Waals surface area contributed by atoms with E-state index in [1.165, 1.54) is 6.92 Å². The monoisotopic (exact) mass is 414 g/mol. The third kappa shape index (κ3) is 4.62. The van der Waals surface area contributed by atoms with Crippen molar-refractivity contribution in [3.8, 4) is 11.5 Å². The van der Waals surface area contributed by atoms with Gasteiger partial charge in [-0.25, -0.2) is 4.98 Å². The van der Waals surface area contributed by atoms with Crippen molar-refractivity contribution in [1.29, 1.82) is 0 Å². The smallest absolute Gasteiger partial charge is 0.317 e. The lowest BCUT2D eigenvalue weighted by Crippen LogP contribution is -2.35. The van der Waals surface area contributed by atoms with Crippen LogP contribution in [0.25, 0.3) is 11.1 Å². The van der Waals surface area contributed by atoms with E-state index < -0.39 is 12.1 Å². The molecule has 0 spiro atoms. The molecular formula is C20H18N2O6S. The Labute approximate surface area is 170 Å². The van der Waals surface area contributed by atoms with Crippen LogP contribution in [0, 0.1) is 0 Å². The first kappa shape index (κ1) is 19.1. The number of amides is 1. The molecule has 1 N–H and O–H groups in total. The first-order valence-corrected chi connectivity index (χ1v) is 9.91. The van der Waals surface area contributed by atoms with Crippen molar-refractivity contribution in [2.24, 2.45) is 0 Å². The quantitative estimate of drug-likeness (QED) is 0.465. The van der Waals surface area contributed by atoms with Gasteiger partial charge in [0.1, 0.15) is 11.3 Å². The zero-order chi connectivity index (χ0) is 20.2. The summed E-state index contributed by atoms with van der Waals surface area (Å²) in [5.74, 6) is 0.407. The summed E-state index contributed by atoms with van der Waals surface area (Å²) < 4.78 is 21.3. The van der Waals surface area contributed by atoms with Gasteiger partial charge < -0.3 is 23.9 Å². The third-order valence-corrected chi connectivity index (χ3v) is 4.97. The average Bonchev–Trinajstić information content (AvgIpc) is 3.36. The number of fused-ring (bicyclic) bond motifs is 2. The first-order valence-electron chi connectivity index (χ1n) is 8.92. The number of thioether (sulfide) groups is 1. The topological polar surface area (TPSA) is 99.9 Å². The number of carbonyl (C=O) groups is 2. The van der Waals surface area contributed by atoms with Crippen LogP contribution < -0.4 is 14.8 Å². The van der Waals surface area contributed by atoms with Crippen molar-refractivity contribution in [1.82, 2.24) is 10.3 Å². The van der Waals surface area contributed by atoms with Gasteiger partial charge in [0.05, 0.1) is 0 Å². The van der Waals surface area contributed by atoms with Gasteiger partial charge in [0.25, 0.3) is 11.1 Å². The van der Waals surface area contributed by atoms with E-state index in [9.17, 15) is 9.59 Å². The molecule has 1 atom stereocenters. The largest absolute Gasteiger partial charge is 0.454 e. The molecule has 2 aromatic carbocycles. The van der Waals surface area contributed by atoms with Crippen LogP contribution in [0.2, 0.25) is 0 Å². The Morgan fingerprint density at radius 3 is 2.90 bits per heavy atom. The Bertz CT molecular complexity index is 1020. The lowest BCUT2D eigenvalue weighted by atomic mass is 10.2. The van der Waals surface area contributed by atoms with E-state index >= 15 is 0 Å². The maximum Gasteiger partial charge on any atom is 0.317 e. The fourth-order valence-electron chi connectivity index (χ4n) is 2.70. The van der Waals surface area contributed by atoms with Gasteiger partial charge in [-0.1, -0.05) is 30.0 Å². The zero-order valence-corrected chi connectivity index (χ0v) is 16.4. The van der Waals surface area contributed by atoms with E-state index in [4.69, 9.17) is 18.6 Å². The molecule has 0 fully saturated rings. The molecule has 4 rings (SSSR count). The highest BCUT2D eigenvalue weighted by Gasteiger charge is 2.19. The maximum absolute atomic E-state index is 12.2. The van der Waals surface area contributed by atoms with E-state index in [0.717, 1.165) is 22.8 Å². The van der Waals surface area contributed by atoms with Gasteiger partial charge in [0.15, 0.2) is 23.2 Å². The number of ether oxygens (including phenoxy) is 3. The van der Waals surface area contributed by atoms with E-state index in [0.29, 0.717) is 22.3 Å². The molecule has 1 amide bonds. The summed E-state index contributed by atoms with van der Waals surface area (Å²) >= 11 is 1.12. The van der Waals surface area contributed by atoms with Gasteiger partial charge in [0.2, 0.25) is 6.79 Å². The molecule has 0 radical (unpaired) electrons. The minimum Gasteiger partial charge on any atom is -0.454 e. The second kappa shape index (κ2) is 8.44. The number of hydrogen-bond acceptors (Lipinski definition) is 8. The summed E-state index contributed by atoms with van der Waals surface area (Å²) in [7, 11) is 0. The molecule has 3 aromatic rings. The summed E-state index contributed by atoms with van der Waals surface area (Å²) in [6, 6.07) is 12.8. The summed E-state index contributed by atoms with van der Waals surface area (Å²) in [6.45, 7) is 2.01. The number of rotatable bonds is 7. The molecule has 0 bridgehead atoms. The predicted molar refractivity (Wildman–Crippen MR) is 105 cm³/mol. The van der Waals surface area contributed by atoms with Crippen LogP contribution in [-0.2, 0) is 20.9 Å². The van der Waals surface area contributed by atoms with Gasteiger partial charge in [0, 0.05) is 6.54 Å². The van der Waals surface area contributed by atoms with Crippen molar-refractivity contribution in [2.75, 3.05) is 12.5 Å². The molecule has 0 saturated carbocycles. The lowest BCUT2D eigenvalue weighted by molar-refractivity contribution is -0.152. The molecular weight excluding hydrogens is 396 g/mol. The van der Waals surface area contributed by atoms with Crippen molar-refractivity contribution in [2.45, 2.75) is 24.8 Å². The van der Waals surface area contributed by atoms with Crippen molar-refractivity contribution in [3.63, 3.8) is 0 Å². The highest BCUT2D eigenvalue weighted by Crippen LogP contribution is 2.32. The van der Waals surface area contributed by atoms with E-state index in [1.54, 1.807) is 18.2 Å². The molecule has 9 heteroatoms. The van der Waals surface area contributed by atoms with E-state index in [1.807, 2.05) is 24.3 Å². The number of esters is 1. The van der Waals surface area contributed by atoms with Crippen LogP contribution in [0.1, 0.15) is 12.5 Å². The molecule has 150 valence electrons. The second-order valence-electron chi connectivity index (χ2n) is 6.27. The molecule has 0 saturated heterocycles. The van der Waals surface area contributed by atoms with Crippen LogP contribution in [0.4, 0.5) is 0 Å². The molecule has 1 aliphatic rings. The normalized spacial score (nSPS) is 13.3. The number of nitrogens with zero attached hydrogens (tertiary/aromatic N) is 1. The van der Waals surface area contributed by atoms with Gasteiger partial charge >= 0.3 is 5.97 Å². The Morgan fingerprint density at radius 2 is 2.03 bits per heavy atom. The molecule has 0 unspecified atom stereocenters. The second-order valence-corrected chi connectivity index (χ2v) is 7.20. The van der Waals surface area contributed by atoms with Crippen LogP contribution >= 0.6 is 11.8 Å². The summed E-state index contributed by atoms with van der Waals surface area (Å²) in [6.07, 6.45) is -0.916. The number of para-hydroxylation sites is 2. The minimum atomic E-state index is -0.916. The molecule has 1 aliphatic heterocycles. The Hall–Kier alpha value is -3.20. The molecule has 0 aliphatic carbocycles. The van der Waals surface area contributed by atoms with Crippen molar-refractivity contribution in [3.05, 3.63) is 48.0 Å². The van der Waals surface area contributed by atoms with Crippen molar-refractivity contribution < 1.29 is 28.2 Å². The van der Waals surface area contributed by atoms with Gasteiger partial charge in [-0.15, -0.1) is 0 Å². The Kier molecular flexibility index (Phi) is 5.57. The van der Waals surface area contributed by atoms with Gasteiger partial charge in [-0.3, -0.25) is 9.59 Å². The standard InChI is InChI=1S/C20H18N2O6S/c1-12(19(24)21-9-13-6-7-16-17(8-13)26-11-25-16)27-18(23)10-29-20-22-14-4-2-3-5-15(14)28-20/h2-8,12H,9-11H2,1H3,(H,21,24)/t12-/m0/s1. The predicted octanol–water partition coefficient (Wildman–Crippen LogP) is 2.90. The average molecular weight is 414 g/mol. The highest BCUT2D eigenvalue weighted by atomic mass is 32.2. The fraction of sp³-hybridized carbons (Fsp3) is 0.250. The number of carbonyl (C=O) groups excluding carboxylic acids is 2. The Balaban J connectivity index is 1.23. The molecule has 1 aromatic heterocycles. The van der Waals surface area contributed by atoms with Crippen LogP contribution in [-0.4, -0.2) is 35.5 Å². The number of hydrogen-bond donors (Lipinski definition) is 1. The number of oxazole rings is 1. The highest BCUT2D eigenvalue weighted by molar-refractivity contribution is 7.99. The van der Waals surface area contributed by atoms with Gasteiger partial charge in [-0.2, -0.15) is 0 Å². The fourth-order valence-corrected chi connectivity index (χ4v) is 3.32. The minimum absolute atomic E-state index is 0.00734. The summed E-state index contributed by atoms with van der Waals surface area (Å²) in [5, 5.41) is 3.11. The molecule has 29 heavy (non-hydrogen) atoms. The first-order chi connectivity index (χ1) is 14.1. The van der Waals surface area contributed by atoms with E-state index in [2.05, 4.69) is 10.3 Å². The van der Waals surface area contributed by atoms with Gasteiger partial charge in [-0.05, 0) is 36.8 Å². The lowest BCUT2D eigenvalue weighted by Gasteiger charge is -2.13. The van der Waals surface area contributed by atoms with Crippen molar-refractivity contribution >= 4 is 34.7 Å². The van der Waals surface area contributed by atoms with Crippen LogP contribution in [0.15, 0.2) is 52.1 Å². The zero-order valence-electron chi connectivity index (χ0n) is 15.5. The number of aromatic nitrogens is 1. The summed E-state index contributed by atoms with van der Waals surface area (Å²) in [5.41, 5.74) is 2.23. The maximum atomic E-state index is 12.2. The third-order valence-electron chi connectivity index (χ3n) is 4.17. The number of nitrogens with one attached hydrogen (secondary N) is 1. The van der Waals surface area contributed by atoms with E-state index in [-0.39, 0.29) is 25.0 Å². The van der Waals surface area contributed by atoms with Crippen LogP contribution in [0.5, 0.6) is 11.5 Å².